The minimum atomic E-state index is 0.0147. The molecule has 0 aliphatic heterocycles. The van der Waals surface area contributed by atoms with E-state index in [1.807, 2.05) is 0 Å². The Bertz CT molecular complexity index is 263. The fourth-order valence-electron chi connectivity index (χ4n) is 3.11. The molecule has 0 rings (SSSR count). The van der Waals surface area contributed by atoms with Gasteiger partial charge in [0, 0.05) is 6.42 Å². The SMILES string of the molecule is CCCCCCCCCCCCCC(=O)OC[C@@H](CC)CCCC. The Morgan fingerprint density at radius 3 is 1.71 bits per heavy atom. The molecule has 0 saturated heterocycles. The molecule has 0 amide bonds. The Kier molecular flexibility index (Phi) is 18.4. The third-order valence-electron chi connectivity index (χ3n) is 5.01. The topological polar surface area (TPSA) is 26.3 Å². The standard InChI is InChI=1S/C22H44O2/c1-4-7-9-10-11-12-13-14-15-16-17-19-22(23)24-20-21(6-3)18-8-5-2/h21H,4-20H2,1-3H3/t21-/m0/s1. The Labute approximate surface area is 152 Å². The normalized spacial score (nSPS) is 12.3. The first kappa shape index (κ1) is 23.5. The first-order chi connectivity index (χ1) is 11.7. The van der Waals surface area contributed by atoms with Crippen molar-refractivity contribution in [2.75, 3.05) is 6.61 Å². The van der Waals surface area contributed by atoms with Crippen LogP contribution in [0.25, 0.3) is 0 Å². The predicted octanol–water partition coefficient (Wildman–Crippen LogP) is 7.45. The maximum absolute atomic E-state index is 11.8. The Balaban J connectivity index is 3.33. The predicted molar refractivity (Wildman–Crippen MR) is 105 cm³/mol. The average Bonchev–Trinajstić information content (AvgIpc) is 2.59. The summed E-state index contributed by atoms with van der Waals surface area (Å²) in [7, 11) is 0. The fraction of sp³-hybridized carbons (Fsp3) is 0.955. The minimum Gasteiger partial charge on any atom is -0.465 e. The van der Waals surface area contributed by atoms with E-state index in [0.717, 1.165) is 12.8 Å². The van der Waals surface area contributed by atoms with Crippen molar-refractivity contribution in [1.82, 2.24) is 0 Å². The summed E-state index contributed by atoms with van der Waals surface area (Å²) in [5, 5.41) is 0. The molecule has 0 aromatic carbocycles. The number of ether oxygens (including phenoxy) is 1. The molecule has 24 heavy (non-hydrogen) atoms. The largest absolute Gasteiger partial charge is 0.465 e. The number of esters is 1. The highest BCUT2D eigenvalue weighted by Gasteiger charge is 2.09. The van der Waals surface area contributed by atoms with Gasteiger partial charge in [-0.1, -0.05) is 104 Å². The molecule has 0 radical (unpaired) electrons. The van der Waals surface area contributed by atoms with E-state index in [0.29, 0.717) is 18.9 Å². The van der Waals surface area contributed by atoms with E-state index in [2.05, 4.69) is 20.8 Å². The van der Waals surface area contributed by atoms with Crippen LogP contribution in [0.5, 0.6) is 0 Å². The van der Waals surface area contributed by atoms with Gasteiger partial charge in [-0.25, -0.2) is 0 Å². The molecule has 2 heteroatoms. The van der Waals surface area contributed by atoms with Gasteiger partial charge in [0.25, 0.3) is 0 Å². The smallest absolute Gasteiger partial charge is 0.305 e. The second-order valence-corrected chi connectivity index (χ2v) is 7.39. The molecule has 0 fully saturated rings. The molecule has 144 valence electrons. The Morgan fingerprint density at radius 2 is 1.21 bits per heavy atom. The van der Waals surface area contributed by atoms with Crippen molar-refractivity contribution < 1.29 is 9.53 Å². The van der Waals surface area contributed by atoms with Crippen molar-refractivity contribution in [3.63, 3.8) is 0 Å². The lowest BCUT2D eigenvalue weighted by atomic mass is 10.0. The molecule has 0 aromatic rings. The molecule has 0 N–H and O–H groups in total. The van der Waals surface area contributed by atoms with Gasteiger partial charge < -0.3 is 4.74 Å². The Morgan fingerprint density at radius 1 is 0.708 bits per heavy atom. The van der Waals surface area contributed by atoms with Crippen LogP contribution in [0.2, 0.25) is 0 Å². The molecule has 2 nitrogen and oxygen atoms in total. The van der Waals surface area contributed by atoms with Crippen LogP contribution in [0, 0.1) is 5.92 Å². The third kappa shape index (κ3) is 16.3. The highest BCUT2D eigenvalue weighted by Crippen LogP contribution is 2.14. The van der Waals surface area contributed by atoms with Crippen LogP contribution < -0.4 is 0 Å². The van der Waals surface area contributed by atoms with E-state index in [4.69, 9.17) is 4.74 Å². The summed E-state index contributed by atoms with van der Waals surface area (Å²) in [4.78, 5) is 11.8. The van der Waals surface area contributed by atoms with E-state index in [9.17, 15) is 4.79 Å². The molecule has 0 unspecified atom stereocenters. The molecule has 0 aliphatic rings. The first-order valence-electron chi connectivity index (χ1n) is 10.9. The molecular formula is C22H44O2. The average molecular weight is 341 g/mol. The van der Waals surface area contributed by atoms with E-state index in [-0.39, 0.29) is 5.97 Å². The zero-order valence-electron chi connectivity index (χ0n) is 16.9. The number of unbranched alkanes of at least 4 members (excludes halogenated alkanes) is 11. The number of hydrogen-bond acceptors (Lipinski definition) is 2. The fourth-order valence-corrected chi connectivity index (χ4v) is 3.11. The van der Waals surface area contributed by atoms with Crippen LogP contribution in [0.4, 0.5) is 0 Å². The molecule has 0 spiro atoms. The van der Waals surface area contributed by atoms with Crippen LogP contribution in [-0.2, 0) is 9.53 Å². The number of carbonyl (C=O) groups excluding carboxylic acids is 1. The van der Waals surface area contributed by atoms with E-state index in [1.165, 1.54) is 83.5 Å². The summed E-state index contributed by atoms with van der Waals surface area (Å²) >= 11 is 0. The monoisotopic (exact) mass is 340 g/mol. The molecule has 1 atom stereocenters. The van der Waals surface area contributed by atoms with Crippen molar-refractivity contribution in [3.8, 4) is 0 Å². The summed E-state index contributed by atoms with van der Waals surface area (Å²) in [5.41, 5.74) is 0. The van der Waals surface area contributed by atoms with Crippen LogP contribution in [0.3, 0.4) is 0 Å². The second kappa shape index (κ2) is 18.8. The maximum atomic E-state index is 11.8. The highest BCUT2D eigenvalue weighted by atomic mass is 16.5. The van der Waals surface area contributed by atoms with Crippen LogP contribution in [-0.4, -0.2) is 12.6 Å². The van der Waals surface area contributed by atoms with Gasteiger partial charge in [0.2, 0.25) is 0 Å². The van der Waals surface area contributed by atoms with Crippen LogP contribution >= 0.6 is 0 Å². The lowest BCUT2D eigenvalue weighted by Crippen LogP contribution is -2.13. The molecule has 0 saturated carbocycles. The quantitative estimate of drug-likeness (QED) is 0.191. The van der Waals surface area contributed by atoms with Gasteiger partial charge in [-0.3, -0.25) is 4.79 Å². The molecule has 0 bridgehead atoms. The second-order valence-electron chi connectivity index (χ2n) is 7.39. The van der Waals surface area contributed by atoms with Gasteiger partial charge in [-0.15, -0.1) is 0 Å². The van der Waals surface area contributed by atoms with E-state index >= 15 is 0 Å². The van der Waals surface area contributed by atoms with Gasteiger partial charge >= 0.3 is 5.97 Å². The van der Waals surface area contributed by atoms with Crippen molar-refractivity contribution >= 4 is 5.97 Å². The van der Waals surface area contributed by atoms with Crippen LogP contribution in [0.15, 0.2) is 0 Å². The summed E-state index contributed by atoms with van der Waals surface area (Å²) in [6.07, 6.45) is 19.9. The van der Waals surface area contributed by atoms with Gasteiger partial charge in [0.05, 0.1) is 6.61 Å². The maximum Gasteiger partial charge on any atom is 0.305 e. The zero-order valence-corrected chi connectivity index (χ0v) is 16.9. The summed E-state index contributed by atoms with van der Waals surface area (Å²) in [5.74, 6) is 0.576. The summed E-state index contributed by atoms with van der Waals surface area (Å²) in [6.45, 7) is 7.31. The van der Waals surface area contributed by atoms with Crippen molar-refractivity contribution in [3.05, 3.63) is 0 Å². The molecular weight excluding hydrogens is 296 g/mol. The lowest BCUT2D eigenvalue weighted by Gasteiger charge is -2.14. The number of rotatable bonds is 18. The molecule has 0 aromatic heterocycles. The lowest BCUT2D eigenvalue weighted by molar-refractivity contribution is -0.145. The van der Waals surface area contributed by atoms with Gasteiger partial charge in [0.15, 0.2) is 0 Å². The van der Waals surface area contributed by atoms with Crippen molar-refractivity contribution in [1.29, 1.82) is 0 Å². The van der Waals surface area contributed by atoms with E-state index in [1.54, 1.807) is 0 Å². The van der Waals surface area contributed by atoms with Gasteiger partial charge in [0.1, 0.15) is 0 Å². The number of hydrogen-bond donors (Lipinski definition) is 0. The van der Waals surface area contributed by atoms with Crippen molar-refractivity contribution in [2.45, 2.75) is 124 Å². The zero-order chi connectivity index (χ0) is 17.9. The van der Waals surface area contributed by atoms with Gasteiger partial charge in [-0.05, 0) is 18.8 Å². The minimum absolute atomic E-state index is 0.0147. The highest BCUT2D eigenvalue weighted by molar-refractivity contribution is 5.69. The third-order valence-corrected chi connectivity index (χ3v) is 5.01. The number of carbonyl (C=O) groups is 1. The molecule has 0 heterocycles. The first-order valence-corrected chi connectivity index (χ1v) is 10.9. The van der Waals surface area contributed by atoms with Crippen LogP contribution in [0.1, 0.15) is 124 Å². The van der Waals surface area contributed by atoms with E-state index < -0.39 is 0 Å². The van der Waals surface area contributed by atoms with Crippen molar-refractivity contribution in [2.24, 2.45) is 5.92 Å². The molecule has 0 aliphatic carbocycles. The summed E-state index contributed by atoms with van der Waals surface area (Å²) in [6, 6.07) is 0. The summed E-state index contributed by atoms with van der Waals surface area (Å²) < 4.78 is 5.45. The van der Waals surface area contributed by atoms with Gasteiger partial charge in [-0.2, -0.15) is 0 Å². The Hall–Kier alpha value is -0.530.